The van der Waals surface area contributed by atoms with Gasteiger partial charge in [0.05, 0.1) is 29.6 Å². The van der Waals surface area contributed by atoms with Crippen molar-refractivity contribution in [3.8, 4) is 23.3 Å². The van der Waals surface area contributed by atoms with Gasteiger partial charge in [0.1, 0.15) is 6.07 Å². The molecule has 1 aromatic heterocycles. The van der Waals surface area contributed by atoms with E-state index in [1.165, 1.54) is 0 Å². The first kappa shape index (κ1) is 23.5. The molecule has 13 heteroatoms. The molecule has 0 saturated heterocycles. The zero-order valence-electron chi connectivity index (χ0n) is 16.2. The molecule has 1 heterocycles. The second-order valence-corrected chi connectivity index (χ2v) is 6.36. The SMILES string of the molecule is COC(=O)c1c(N)c(C#N)cn1-c1ccc(F)c(F)c1Oc1c(F)cc(C(F)(F)F)cc1F. The number of benzene rings is 2. The molecule has 172 valence electrons. The quantitative estimate of drug-likeness (QED) is 0.422. The van der Waals surface area contributed by atoms with Gasteiger partial charge in [-0.3, -0.25) is 0 Å². The molecule has 6 nitrogen and oxygen atoms in total. The number of alkyl halides is 3. The molecular weight excluding hydrogens is 463 g/mol. The van der Waals surface area contributed by atoms with Gasteiger partial charge in [0, 0.05) is 6.20 Å². The Bertz CT molecular complexity index is 1290. The number of nitrogen functional groups attached to an aromatic ring is 1. The third-order valence-corrected chi connectivity index (χ3v) is 4.36. The van der Waals surface area contributed by atoms with Crippen LogP contribution in [-0.2, 0) is 10.9 Å². The van der Waals surface area contributed by atoms with Gasteiger partial charge < -0.3 is 19.8 Å². The lowest BCUT2D eigenvalue weighted by Gasteiger charge is -2.17. The van der Waals surface area contributed by atoms with Gasteiger partial charge >= 0.3 is 12.1 Å². The Labute approximate surface area is 180 Å². The fourth-order valence-electron chi connectivity index (χ4n) is 2.84. The number of hydrogen-bond acceptors (Lipinski definition) is 5. The van der Waals surface area contributed by atoms with Gasteiger partial charge in [-0.1, -0.05) is 0 Å². The zero-order valence-corrected chi connectivity index (χ0v) is 16.2. The third-order valence-electron chi connectivity index (χ3n) is 4.36. The van der Waals surface area contributed by atoms with Crippen molar-refractivity contribution in [2.24, 2.45) is 0 Å². The molecule has 3 rings (SSSR count). The number of aromatic nitrogens is 1. The van der Waals surface area contributed by atoms with Gasteiger partial charge in [-0.25, -0.2) is 18.0 Å². The van der Waals surface area contributed by atoms with Gasteiger partial charge in [0.15, 0.2) is 34.6 Å². The predicted molar refractivity (Wildman–Crippen MR) is 97.6 cm³/mol. The molecule has 0 aliphatic carbocycles. The standard InChI is InChI=1S/C20H10F7N3O3/c1-32-19(31)16-15(29)8(6-28)7-30(16)13-3-2-10(21)14(24)18(13)33-17-11(22)4-9(5-12(17)23)20(25,26)27/h2-5,7H,29H2,1H3. The van der Waals surface area contributed by atoms with Gasteiger partial charge in [-0.05, 0) is 24.3 Å². The second kappa shape index (κ2) is 8.38. The Balaban J connectivity index is 2.26. The molecule has 2 N–H and O–H groups in total. The Morgan fingerprint density at radius 2 is 1.67 bits per heavy atom. The summed E-state index contributed by atoms with van der Waals surface area (Å²) in [6.45, 7) is 0. The first-order valence-corrected chi connectivity index (χ1v) is 8.62. The van der Waals surface area contributed by atoms with Crippen molar-refractivity contribution in [2.75, 3.05) is 12.8 Å². The minimum Gasteiger partial charge on any atom is -0.464 e. The fraction of sp³-hybridized carbons (Fsp3) is 0.100. The molecule has 0 saturated carbocycles. The van der Waals surface area contributed by atoms with E-state index >= 15 is 0 Å². The average Bonchev–Trinajstić information content (AvgIpc) is 3.08. The van der Waals surface area contributed by atoms with Crippen molar-refractivity contribution in [3.05, 3.63) is 70.6 Å². The van der Waals surface area contributed by atoms with Crippen LogP contribution in [0.25, 0.3) is 5.69 Å². The Morgan fingerprint density at radius 3 is 2.18 bits per heavy atom. The minimum atomic E-state index is -5.10. The van der Waals surface area contributed by atoms with Crippen LogP contribution in [-0.4, -0.2) is 17.6 Å². The Morgan fingerprint density at radius 1 is 1.06 bits per heavy atom. The third kappa shape index (κ3) is 4.14. The van der Waals surface area contributed by atoms with E-state index in [1.807, 2.05) is 0 Å². The van der Waals surface area contributed by atoms with Gasteiger partial charge in [0.2, 0.25) is 5.82 Å². The number of hydrogen-bond donors (Lipinski definition) is 1. The zero-order chi connectivity index (χ0) is 24.7. The van der Waals surface area contributed by atoms with E-state index in [4.69, 9.17) is 10.5 Å². The van der Waals surface area contributed by atoms with Crippen LogP contribution in [0, 0.1) is 34.6 Å². The van der Waals surface area contributed by atoms with E-state index in [-0.39, 0.29) is 17.7 Å². The highest BCUT2D eigenvalue weighted by atomic mass is 19.4. The number of halogens is 7. The smallest absolute Gasteiger partial charge is 0.416 e. The van der Waals surface area contributed by atoms with E-state index in [9.17, 15) is 40.8 Å². The van der Waals surface area contributed by atoms with Crippen molar-refractivity contribution >= 4 is 11.7 Å². The lowest BCUT2D eigenvalue weighted by atomic mass is 10.2. The molecule has 0 bridgehead atoms. The summed E-state index contributed by atoms with van der Waals surface area (Å²) >= 11 is 0. The number of rotatable bonds is 4. The monoisotopic (exact) mass is 473 g/mol. The van der Waals surface area contributed by atoms with Crippen LogP contribution in [0.15, 0.2) is 30.5 Å². The van der Waals surface area contributed by atoms with E-state index in [0.29, 0.717) is 6.07 Å². The second-order valence-electron chi connectivity index (χ2n) is 6.36. The number of esters is 1. The van der Waals surface area contributed by atoms with E-state index in [0.717, 1.165) is 23.9 Å². The summed E-state index contributed by atoms with van der Waals surface area (Å²) in [6.07, 6.45) is -4.18. The summed E-state index contributed by atoms with van der Waals surface area (Å²) in [4.78, 5) is 12.2. The van der Waals surface area contributed by atoms with Gasteiger partial charge in [-0.15, -0.1) is 0 Å². The van der Waals surface area contributed by atoms with Crippen LogP contribution in [0.4, 0.5) is 36.4 Å². The minimum absolute atomic E-state index is 0.101. The van der Waals surface area contributed by atoms with Crippen LogP contribution in [0.2, 0.25) is 0 Å². The summed E-state index contributed by atoms with van der Waals surface area (Å²) in [6, 6.07) is 2.84. The average molecular weight is 473 g/mol. The Hall–Kier alpha value is -4.21. The number of anilines is 1. The van der Waals surface area contributed by atoms with Crippen molar-refractivity contribution in [3.63, 3.8) is 0 Å². The normalized spacial score (nSPS) is 11.2. The number of carbonyl (C=O) groups is 1. The van der Waals surface area contributed by atoms with Crippen LogP contribution < -0.4 is 10.5 Å². The molecular formula is C20H10F7N3O3. The van der Waals surface area contributed by atoms with E-state index < -0.39 is 69.5 Å². The number of nitrogens with two attached hydrogens (primary N) is 1. The lowest BCUT2D eigenvalue weighted by molar-refractivity contribution is -0.138. The molecule has 33 heavy (non-hydrogen) atoms. The van der Waals surface area contributed by atoms with E-state index in [1.54, 1.807) is 6.07 Å². The number of carbonyl (C=O) groups excluding carboxylic acids is 1. The largest absolute Gasteiger partial charge is 0.464 e. The maximum atomic E-state index is 14.6. The molecule has 2 aromatic carbocycles. The molecule has 0 unspecified atom stereocenters. The number of nitriles is 1. The first-order valence-electron chi connectivity index (χ1n) is 8.62. The Kier molecular flexibility index (Phi) is 5.95. The van der Waals surface area contributed by atoms with Crippen LogP contribution in [0.5, 0.6) is 11.5 Å². The molecule has 0 atom stereocenters. The molecule has 0 spiro atoms. The fourth-order valence-corrected chi connectivity index (χ4v) is 2.84. The van der Waals surface area contributed by atoms with Gasteiger partial charge in [0.25, 0.3) is 0 Å². The molecule has 0 aliphatic heterocycles. The van der Waals surface area contributed by atoms with E-state index in [2.05, 4.69) is 4.74 Å². The maximum Gasteiger partial charge on any atom is 0.416 e. The maximum absolute atomic E-state index is 14.6. The van der Waals surface area contributed by atoms with Crippen molar-refractivity contribution in [1.29, 1.82) is 5.26 Å². The number of ether oxygens (including phenoxy) is 2. The highest BCUT2D eigenvalue weighted by molar-refractivity contribution is 5.96. The topological polar surface area (TPSA) is 90.3 Å². The van der Waals surface area contributed by atoms with Crippen LogP contribution >= 0.6 is 0 Å². The van der Waals surface area contributed by atoms with Crippen molar-refractivity contribution in [1.82, 2.24) is 4.57 Å². The number of methoxy groups -OCH3 is 1. The lowest BCUT2D eigenvalue weighted by Crippen LogP contribution is -2.13. The summed E-state index contributed by atoms with van der Waals surface area (Å²) in [5.74, 6) is -10.9. The highest BCUT2D eigenvalue weighted by Gasteiger charge is 2.34. The van der Waals surface area contributed by atoms with Crippen LogP contribution in [0.3, 0.4) is 0 Å². The molecule has 3 aromatic rings. The van der Waals surface area contributed by atoms with Crippen molar-refractivity contribution < 1.29 is 45.0 Å². The summed E-state index contributed by atoms with van der Waals surface area (Å²) < 4.78 is 105. The first-order chi connectivity index (χ1) is 15.4. The number of nitrogens with zero attached hydrogens (tertiary/aromatic N) is 2. The highest BCUT2D eigenvalue weighted by Crippen LogP contribution is 2.39. The summed E-state index contributed by atoms with van der Waals surface area (Å²) in [5.41, 5.74) is 2.24. The summed E-state index contributed by atoms with van der Waals surface area (Å²) in [5, 5.41) is 9.17. The van der Waals surface area contributed by atoms with Crippen LogP contribution in [0.1, 0.15) is 21.6 Å². The molecule has 0 aliphatic rings. The molecule has 0 amide bonds. The predicted octanol–water partition coefficient (Wildman–Crippen LogP) is 5.09. The van der Waals surface area contributed by atoms with Gasteiger partial charge in [-0.2, -0.15) is 22.8 Å². The summed E-state index contributed by atoms with van der Waals surface area (Å²) in [7, 11) is 0.959. The van der Waals surface area contributed by atoms with Crippen molar-refractivity contribution in [2.45, 2.75) is 6.18 Å². The molecule has 0 radical (unpaired) electrons. The molecule has 0 fully saturated rings.